The van der Waals surface area contributed by atoms with E-state index in [-0.39, 0.29) is 36.2 Å². The van der Waals surface area contributed by atoms with Crippen molar-refractivity contribution < 1.29 is 19.4 Å². The quantitative estimate of drug-likeness (QED) is 0.182. The highest BCUT2D eigenvalue weighted by atomic mass is 35.5. The van der Waals surface area contributed by atoms with Gasteiger partial charge in [-0.05, 0) is 18.8 Å². The molecule has 0 bridgehead atoms. The lowest BCUT2D eigenvalue weighted by Crippen LogP contribution is -2.51. The molecule has 0 unspecified atom stereocenters. The summed E-state index contributed by atoms with van der Waals surface area (Å²) in [7, 11) is 0. The van der Waals surface area contributed by atoms with E-state index in [9.17, 15) is 14.7 Å². The van der Waals surface area contributed by atoms with Crippen LogP contribution in [0.2, 0.25) is 0 Å². The number of unbranched alkanes of at least 4 members (excludes halogenated alkanes) is 1. The van der Waals surface area contributed by atoms with Crippen LogP contribution in [-0.2, 0) is 14.3 Å². The number of ether oxygens (including phenoxy) is 1. The molecule has 1 aliphatic rings. The monoisotopic (exact) mass is 420 g/mol. The van der Waals surface area contributed by atoms with Gasteiger partial charge in [-0.1, -0.05) is 40.0 Å². The Hall–Kier alpha value is -1.54. The zero-order chi connectivity index (χ0) is 20.6. The van der Waals surface area contributed by atoms with Crippen LogP contribution in [0.25, 0.3) is 0 Å². The SMILES string of the molecule is CCCCOC(=O)[C@H]1C[C@@H](N=C(N)N)[C@H]([C@@H](NC(C)=O)C(CC)CC)[C@@H]1O.Cl. The molecule has 1 saturated carbocycles. The first-order chi connectivity index (χ1) is 12.8. The number of aliphatic hydroxyl groups is 1. The zero-order valence-corrected chi connectivity index (χ0v) is 18.2. The smallest absolute Gasteiger partial charge is 0.311 e. The molecule has 1 aliphatic carbocycles. The van der Waals surface area contributed by atoms with Crippen LogP contribution in [0.3, 0.4) is 0 Å². The number of halogens is 1. The van der Waals surface area contributed by atoms with Crippen LogP contribution in [0.15, 0.2) is 4.99 Å². The summed E-state index contributed by atoms with van der Waals surface area (Å²) < 4.78 is 5.32. The molecule has 0 aromatic heterocycles. The van der Waals surface area contributed by atoms with E-state index in [2.05, 4.69) is 10.3 Å². The second kappa shape index (κ2) is 12.8. The summed E-state index contributed by atoms with van der Waals surface area (Å²) in [6.45, 7) is 7.87. The number of rotatable bonds is 10. The molecule has 8 nitrogen and oxygen atoms in total. The van der Waals surface area contributed by atoms with Crippen LogP contribution < -0.4 is 16.8 Å². The zero-order valence-electron chi connectivity index (χ0n) is 17.4. The maximum atomic E-state index is 12.5. The van der Waals surface area contributed by atoms with Gasteiger partial charge in [-0.3, -0.25) is 9.59 Å². The van der Waals surface area contributed by atoms with E-state index in [1.807, 2.05) is 20.8 Å². The fourth-order valence-electron chi connectivity index (χ4n) is 4.05. The Morgan fingerprint density at radius 1 is 1.25 bits per heavy atom. The highest BCUT2D eigenvalue weighted by molar-refractivity contribution is 5.85. The molecule has 164 valence electrons. The van der Waals surface area contributed by atoms with Crippen LogP contribution in [0.5, 0.6) is 0 Å². The van der Waals surface area contributed by atoms with Crippen LogP contribution in [0.4, 0.5) is 0 Å². The number of carbonyl (C=O) groups is 2. The predicted molar refractivity (Wildman–Crippen MR) is 112 cm³/mol. The number of amides is 1. The van der Waals surface area contributed by atoms with Crippen LogP contribution in [0, 0.1) is 17.8 Å². The molecule has 0 radical (unpaired) electrons. The molecule has 0 heterocycles. The molecular weight excluding hydrogens is 384 g/mol. The number of nitrogens with one attached hydrogen (secondary N) is 1. The minimum absolute atomic E-state index is 0. The fraction of sp³-hybridized carbons (Fsp3) is 0.842. The first-order valence-electron chi connectivity index (χ1n) is 9.97. The number of aliphatic imine (C=N–C) groups is 1. The molecule has 0 aliphatic heterocycles. The third-order valence-electron chi connectivity index (χ3n) is 5.45. The van der Waals surface area contributed by atoms with E-state index in [1.165, 1.54) is 6.92 Å². The first-order valence-corrected chi connectivity index (χ1v) is 9.97. The van der Waals surface area contributed by atoms with Gasteiger partial charge in [-0.25, -0.2) is 4.99 Å². The van der Waals surface area contributed by atoms with Gasteiger partial charge < -0.3 is 26.6 Å². The lowest BCUT2D eigenvalue weighted by atomic mass is 9.80. The molecule has 0 aromatic rings. The molecule has 28 heavy (non-hydrogen) atoms. The molecule has 9 heteroatoms. The predicted octanol–water partition coefficient (Wildman–Crippen LogP) is 1.33. The number of nitrogens with zero attached hydrogens (tertiary/aromatic N) is 1. The van der Waals surface area contributed by atoms with Crippen LogP contribution in [-0.4, -0.2) is 47.7 Å². The Kier molecular flexibility index (Phi) is 12.1. The van der Waals surface area contributed by atoms with Gasteiger partial charge in [0.05, 0.1) is 24.7 Å². The summed E-state index contributed by atoms with van der Waals surface area (Å²) in [5, 5.41) is 13.9. The van der Waals surface area contributed by atoms with Crippen molar-refractivity contribution in [1.29, 1.82) is 0 Å². The summed E-state index contributed by atoms with van der Waals surface area (Å²) >= 11 is 0. The summed E-state index contributed by atoms with van der Waals surface area (Å²) in [5.74, 6) is -1.73. The maximum Gasteiger partial charge on any atom is 0.311 e. The van der Waals surface area contributed by atoms with Gasteiger partial charge in [0.15, 0.2) is 5.96 Å². The van der Waals surface area contributed by atoms with Crippen molar-refractivity contribution in [2.24, 2.45) is 34.2 Å². The van der Waals surface area contributed by atoms with E-state index in [1.54, 1.807) is 0 Å². The number of carbonyl (C=O) groups excluding carboxylic acids is 2. The summed E-state index contributed by atoms with van der Waals surface area (Å²) in [4.78, 5) is 28.6. The summed E-state index contributed by atoms with van der Waals surface area (Å²) in [5.41, 5.74) is 11.2. The second-order valence-corrected chi connectivity index (χ2v) is 7.36. The Morgan fingerprint density at radius 3 is 2.32 bits per heavy atom. The Bertz CT molecular complexity index is 524. The molecule has 1 rings (SSSR count). The van der Waals surface area contributed by atoms with Gasteiger partial charge in [-0.15, -0.1) is 12.4 Å². The van der Waals surface area contributed by atoms with E-state index < -0.39 is 30.0 Å². The standard InChI is InChI=1S/C19H36N4O4.ClH/c1-5-8-9-27-18(26)13-10-14(23-19(20)21)15(17(13)25)16(22-11(4)24)12(6-2)7-3;/h12-17,25H,5-10H2,1-4H3,(H,22,24)(H4,20,21,23);1H/t13-,14+,15+,16-,17+;/m0./s1. The number of hydrogen-bond acceptors (Lipinski definition) is 5. The third kappa shape index (κ3) is 7.13. The van der Waals surface area contributed by atoms with E-state index in [4.69, 9.17) is 16.2 Å². The highest BCUT2D eigenvalue weighted by Crippen LogP contribution is 2.40. The average molecular weight is 421 g/mol. The lowest BCUT2D eigenvalue weighted by Gasteiger charge is -2.35. The van der Waals surface area contributed by atoms with Crippen molar-refractivity contribution in [3.8, 4) is 0 Å². The largest absolute Gasteiger partial charge is 0.465 e. The van der Waals surface area contributed by atoms with Crippen molar-refractivity contribution in [3.05, 3.63) is 0 Å². The second-order valence-electron chi connectivity index (χ2n) is 7.36. The molecule has 6 N–H and O–H groups in total. The Balaban J connectivity index is 0.00000729. The van der Waals surface area contributed by atoms with Crippen LogP contribution >= 0.6 is 12.4 Å². The lowest BCUT2D eigenvalue weighted by molar-refractivity contribution is -0.152. The Morgan fingerprint density at radius 2 is 1.86 bits per heavy atom. The fourth-order valence-corrected chi connectivity index (χ4v) is 4.05. The Labute approximate surface area is 174 Å². The van der Waals surface area contributed by atoms with Crippen molar-refractivity contribution in [3.63, 3.8) is 0 Å². The molecule has 0 aromatic carbocycles. The van der Waals surface area contributed by atoms with Crippen molar-refractivity contribution in [1.82, 2.24) is 5.32 Å². The topological polar surface area (TPSA) is 140 Å². The summed E-state index contributed by atoms with van der Waals surface area (Å²) in [6, 6.07) is -0.778. The number of aliphatic hydroxyl groups excluding tert-OH is 1. The summed E-state index contributed by atoms with van der Waals surface area (Å²) in [6.07, 6.45) is 2.65. The number of nitrogens with two attached hydrogens (primary N) is 2. The van der Waals surface area contributed by atoms with Gasteiger partial charge in [-0.2, -0.15) is 0 Å². The van der Waals surface area contributed by atoms with E-state index in [0.717, 1.165) is 25.7 Å². The first kappa shape index (κ1) is 26.5. The van der Waals surface area contributed by atoms with Gasteiger partial charge in [0.1, 0.15) is 0 Å². The van der Waals surface area contributed by atoms with Gasteiger partial charge in [0.2, 0.25) is 5.91 Å². The average Bonchev–Trinajstić information content (AvgIpc) is 2.90. The van der Waals surface area contributed by atoms with Crippen molar-refractivity contribution >= 4 is 30.2 Å². The van der Waals surface area contributed by atoms with Crippen molar-refractivity contribution in [2.45, 2.75) is 78.0 Å². The van der Waals surface area contributed by atoms with E-state index in [0.29, 0.717) is 13.0 Å². The van der Waals surface area contributed by atoms with E-state index >= 15 is 0 Å². The molecule has 0 spiro atoms. The van der Waals surface area contributed by atoms with Gasteiger partial charge in [0, 0.05) is 18.9 Å². The number of guanidine groups is 1. The minimum atomic E-state index is -0.982. The molecule has 1 fully saturated rings. The maximum absolute atomic E-state index is 12.5. The number of esters is 1. The molecule has 5 atom stereocenters. The molecular formula is C19H37ClN4O4. The molecule has 0 saturated heterocycles. The van der Waals surface area contributed by atoms with Crippen LogP contribution in [0.1, 0.15) is 59.8 Å². The van der Waals surface area contributed by atoms with Gasteiger partial charge >= 0.3 is 5.97 Å². The third-order valence-corrected chi connectivity index (χ3v) is 5.45. The van der Waals surface area contributed by atoms with Gasteiger partial charge in [0.25, 0.3) is 0 Å². The highest BCUT2D eigenvalue weighted by Gasteiger charge is 2.51. The number of hydrogen-bond donors (Lipinski definition) is 4. The van der Waals surface area contributed by atoms with Crippen molar-refractivity contribution in [2.75, 3.05) is 6.61 Å². The minimum Gasteiger partial charge on any atom is -0.465 e. The normalized spacial score (nSPS) is 24.9. The molecule has 1 amide bonds.